The number of hydrogen-bond donors (Lipinski definition) is 14. The van der Waals surface area contributed by atoms with E-state index in [2.05, 4.69) is 0 Å². The lowest BCUT2D eigenvalue weighted by Gasteiger charge is -2.65. The Morgan fingerprint density at radius 2 is 1.00 bits per heavy atom. The van der Waals surface area contributed by atoms with E-state index in [0.29, 0.717) is 0 Å². The van der Waals surface area contributed by atoms with Crippen molar-refractivity contribution in [3.8, 4) is 0 Å². The second-order valence-corrected chi connectivity index (χ2v) is 9.09. The Morgan fingerprint density at radius 3 is 1.51 bits per heavy atom. The van der Waals surface area contributed by atoms with Gasteiger partial charge in [-0.3, -0.25) is 0 Å². The lowest BCUT2D eigenvalue weighted by atomic mass is 9.65. The summed E-state index contributed by atoms with van der Waals surface area (Å²) in [7, 11) is 0. The maximum absolute atomic E-state index is 11.6. The van der Waals surface area contributed by atoms with Gasteiger partial charge in [0.1, 0.15) is 61.0 Å². The summed E-state index contributed by atoms with van der Waals surface area (Å²) in [6.45, 7) is -1.40. The normalized spacial score (nSPS) is 59.9. The van der Waals surface area contributed by atoms with E-state index in [-0.39, 0.29) is 0 Å². The average Bonchev–Trinajstić information content (AvgIpc) is 2.83. The van der Waals surface area contributed by atoms with Crippen LogP contribution >= 0.6 is 0 Å². The molecule has 3 heterocycles. The van der Waals surface area contributed by atoms with E-state index in [0.717, 1.165) is 6.92 Å². The van der Waals surface area contributed by atoms with Crippen LogP contribution in [-0.4, -0.2) is 175 Å². The van der Waals surface area contributed by atoms with Crippen LogP contribution in [0, 0.1) is 0 Å². The molecule has 35 heavy (non-hydrogen) atoms. The quantitative estimate of drug-likeness (QED) is 0.163. The lowest BCUT2D eigenvalue weighted by Crippen LogP contribution is -2.92. The summed E-state index contributed by atoms with van der Waals surface area (Å²) in [5.41, 5.74) is -4.17. The highest BCUT2D eigenvalue weighted by Gasteiger charge is 2.84. The van der Waals surface area contributed by atoms with E-state index in [1.165, 1.54) is 0 Å². The predicted molar refractivity (Wildman–Crippen MR) is 102 cm³/mol. The van der Waals surface area contributed by atoms with Gasteiger partial charge in [-0.05, 0) is 6.92 Å². The maximum Gasteiger partial charge on any atom is 0.262 e. The fourth-order valence-electron chi connectivity index (χ4n) is 4.85. The third kappa shape index (κ3) is 3.60. The minimum atomic E-state index is -4.17. The molecular formula is C18H32O17. The molecule has 17 heteroatoms. The van der Waals surface area contributed by atoms with Gasteiger partial charge in [-0.15, -0.1) is 0 Å². The van der Waals surface area contributed by atoms with Crippen molar-refractivity contribution in [2.75, 3.05) is 13.2 Å². The van der Waals surface area contributed by atoms with Crippen molar-refractivity contribution in [3.05, 3.63) is 0 Å². The van der Waals surface area contributed by atoms with Crippen LogP contribution in [0.5, 0.6) is 0 Å². The van der Waals surface area contributed by atoms with Crippen molar-refractivity contribution in [1.29, 1.82) is 0 Å². The van der Waals surface area contributed by atoms with Crippen LogP contribution in [0.1, 0.15) is 6.92 Å². The van der Waals surface area contributed by atoms with Crippen LogP contribution in [0.2, 0.25) is 0 Å². The summed E-state index contributed by atoms with van der Waals surface area (Å²) in [5, 5.41) is 147. The number of ether oxygens (including phenoxy) is 3. The first kappa shape index (κ1) is 28.9. The first-order valence-electron chi connectivity index (χ1n) is 10.6. The molecule has 1 unspecified atom stereocenters. The lowest BCUT2D eigenvalue weighted by molar-refractivity contribution is -0.550. The topological polar surface area (TPSA) is 311 Å². The minimum Gasteiger partial charge on any atom is -0.394 e. The monoisotopic (exact) mass is 520 g/mol. The molecule has 3 rings (SSSR count). The van der Waals surface area contributed by atoms with Gasteiger partial charge in [-0.1, -0.05) is 0 Å². The Bertz CT molecular complexity index is 771. The maximum atomic E-state index is 11.6. The summed E-state index contributed by atoms with van der Waals surface area (Å²) < 4.78 is 15.0. The van der Waals surface area contributed by atoms with Gasteiger partial charge >= 0.3 is 0 Å². The van der Waals surface area contributed by atoms with Gasteiger partial charge in [-0.2, -0.15) is 0 Å². The van der Waals surface area contributed by atoms with Gasteiger partial charge < -0.3 is 85.7 Å². The largest absolute Gasteiger partial charge is 0.394 e. The molecule has 3 fully saturated rings. The van der Waals surface area contributed by atoms with Gasteiger partial charge in [0.15, 0.2) is 0 Å². The number of hydrogen-bond acceptors (Lipinski definition) is 17. The molecule has 0 radical (unpaired) electrons. The van der Waals surface area contributed by atoms with Crippen LogP contribution in [0.3, 0.4) is 0 Å². The summed E-state index contributed by atoms with van der Waals surface area (Å²) in [6, 6.07) is 0. The molecule has 15 atom stereocenters. The third-order valence-corrected chi connectivity index (χ3v) is 7.07. The zero-order valence-electron chi connectivity index (χ0n) is 18.3. The molecule has 0 saturated carbocycles. The SMILES string of the molecule is C[C@@H]1OC(O)([C@@]2(O)O[C@H](CO)[C@@H](O)[C@H](O)[C@@]2(O)[C@@]2(O)O[C@H](CO)[C@H](O)[C@H](O)[C@H]2O)[C@H](O)[C@H](O)[C@H]1O. The Hall–Kier alpha value is -0.680. The Kier molecular flexibility index (Phi) is 7.64. The molecule has 0 amide bonds. The first-order valence-corrected chi connectivity index (χ1v) is 10.6. The van der Waals surface area contributed by atoms with Crippen molar-refractivity contribution >= 4 is 0 Å². The summed E-state index contributed by atoms with van der Waals surface area (Å²) >= 11 is 0. The average molecular weight is 520 g/mol. The minimum absolute atomic E-state index is 1.02. The molecule has 0 bridgehead atoms. The zero-order valence-corrected chi connectivity index (χ0v) is 18.3. The third-order valence-electron chi connectivity index (χ3n) is 7.07. The van der Waals surface area contributed by atoms with Gasteiger partial charge in [0.2, 0.25) is 11.4 Å². The fraction of sp³-hybridized carbons (Fsp3) is 1.00. The van der Waals surface area contributed by atoms with Crippen LogP contribution in [0.25, 0.3) is 0 Å². The molecule has 0 spiro atoms. The van der Waals surface area contributed by atoms with Crippen LogP contribution in [0.15, 0.2) is 0 Å². The van der Waals surface area contributed by atoms with E-state index in [9.17, 15) is 71.5 Å². The molecule has 0 aromatic heterocycles. The summed E-state index contributed by atoms with van der Waals surface area (Å²) in [5.74, 6) is -11.9. The molecule has 3 aliphatic rings. The second kappa shape index (κ2) is 9.26. The summed E-state index contributed by atoms with van der Waals surface area (Å²) in [4.78, 5) is 0. The first-order chi connectivity index (χ1) is 16.0. The van der Waals surface area contributed by atoms with Crippen LogP contribution in [-0.2, 0) is 14.2 Å². The Balaban J connectivity index is 2.28. The summed E-state index contributed by atoms with van der Waals surface area (Å²) in [6.07, 6.45) is -25.7. The highest BCUT2D eigenvalue weighted by atomic mass is 16.8. The van der Waals surface area contributed by atoms with E-state index in [1.807, 2.05) is 0 Å². The van der Waals surface area contributed by atoms with E-state index < -0.39 is 103 Å². The molecule has 0 aliphatic carbocycles. The van der Waals surface area contributed by atoms with Crippen molar-refractivity contribution in [2.24, 2.45) is 0 Å². The molecule has 3 saturated heterocycles. The number of aliphatic hydroxyl groups excluding tert-OH is 10. The Morgan fingerprint density at radius 1 is 0.543 bits per heavy atom. The molecular weight excluding hydrogens is 488 g/mol. The Labute approximate surface area is 196 Å². The number of aliphatic hydroxyl groups is 14. The smallest absolute Gasteiger partial charge is 0.262 e. The molecule has 0 aromatic carbocycles. The molecule has 0 aromatic rings. The van der Waals surface area contributed by atoms with Gasteiger partial charge in [0, 0.05) is 0 Å². The highest BCUT2D eigenvalue weighted by molar-refractivity contribution is 5.24. The second-order valence-electron chi connectivity index (χ2n) is 9.09. The van der Waals surface area contributed by atoms with Crippen molar-refractivity contribution in [3.63, 3.8) is 0 Å². The van der Waals surface area contributed by atoms with Crippen LogP contribution < -0.4 is 0 Å². The fourth-order valence-corrected chi connectivity index (χ4v) is 4.85. The predicted octanol–water partition coefficient (Wildman–Crippen LogP) is -9.13. The van der Waals surface area contributed by atoms with E-state index in [4.69, 9.17) is 14.2 Å². The molecule has 17 nitrogen and oxygen atoms in total. The zero-order chi connectivity index (χ0) is 26.9. The van der Waals surface area contributed by atoms with Gasteiger partial charge in [-0.25, -0.2) is 0 Å². The van der Waals surface area contributed by atoms with Crippen molar-refractivity contribution in [2.45, 2.75) is 97.0 Å². The molecule has 206 valence electrons. The van der Waals surface area contributed by atoms with Gasteiger partial charge in [0.25, 0.3) is 11.6 Å². The molecule has 14 N–H and O–H groups in total. The van der Waals surface area contributed by atoms with E-state index >= 15 is 0 Å². The van der Waals surface area contributed by atoms with Crippen molar-refractivity contribution < 1.29 is 85.7 Å². The van der Waals surface area contributed by atoms with Crippen LogP contribution in [0.4, 0.5) is 0 Å². The standard InChI is InChI=1S/C18H32O17/c1-4-7(21)10(24)14(28)17(31,33-4)18(32)15(29,12(26)9(23)6(3-20)35-18)16(30)13(27)11(25)8(22)5(2-19)34-16/h4-14,19-32H,2-3H2,1H3/t4-,5+,6+,7-,8-,9+,10+,11-,12-,13+,14+,15+,16-,17?,18-/m0/s1. The number of rotatable bonds is 4. The van der Waals surface area contributed by atoms with Gasteiger partial charge in [0.05, 0.1) is 19.3 Å². The highest BCUT2D eigenvalue weighted by Crippen LogP contribution is 2.54. The van der Waals surface area contributed by atoms with Crippen molar-refractivity contribution in [1.82, 2.24) is 0 Å². The van der Waals surface area contributed by atoms with E-state index in [1.54, 1.807) is 0 Å². The molecule has 3 aliphatic heterocycles.